The van der Waals surface area contributed by atoms with Crippen molar-refractivity contribution in [1.29, 1.82) is 0 Å². The lowest BCUT2D eigenvalue weighted by molar-refractivity contribution is -0.120. The summed E-state index contributed by atoms with van der Waals surface area (Å²) in [4.78, 5) is 15.1. The Hall–Kier alpha value is -2.53. The van der Waals surface area contributed by atoms with Crippen LogP contribution in [-0.2, 0) is 11.2 Å². The van der Waals surface area contributed by atoms with Crippen molar-refractivity contribution in [2.75, 3.05) is 33.9 Å². The minimum absolute atomic E-state index is 0.0187. The fourth-order valence-corrected chi connectivity index (χ4v) is 3.81. The summed E-state index contributed by atoms with van der Waals surface area (Å²) in [5.74, 6) is 1.33. The van der Waals surface area contributed by atoms with E-state index in [1.807, 2.05) is 24.3 Å². The fraction of sp³-hybridized carbons (Fsp3) is 0.435. The number of hydrogen-bond donors (Lipinski definition) is 1. The molecule has 150 valence electrons. The van der Waals surface area contributed by atoms with Gasteiger partial charge in [0.2, 0.25) is 5.91 Å². The molecule has 1 aliphatic heterocycles. The van der Waals surface area contributed by atoms with Gasteiger partial charge in [-0.2, -0.15) is 0 Å². The number of nitrogens with zero attached hydrogens (tertiary/aromatic N) is 1. The molecule has 2 aromatic carbocycles. The van der Waals surface area contributed by atoms with Gasteiger partial charge in [0.25, 0.3) is 0 Å². The highest BCUT2D eigenvalue weighted by atomic mass is 16.5. The topological polar surface area (TPSA) is 50.8 Å². The molecule has 1 unspecified atom stereocenters. The first-order valence-corrected chi connectivity index (χ1v) is 9.98. The zero-order valence-corrected chi connectivity index (χ0v) is 16.8. The van der Waals surface area contributed by atoms with Gasteiger partial charge in [-0.25, -0.2) is 0 Å². The highest BCUT2D eigenvalue weighted by molar-refractivity contribution is 5.78. The van der Waals surface area contributed by atoms with E-state index < -0.39 is 0 Å². The van der Waals surface area contributed by atoms with E-state index in [4.69, 9.17) is 9.47 Å². The number of carbonyl (C=O) groups excluding carboxylic acids is 1. The van der Waals surface area contributed by atoms with Crippen LogP contribution in [-0.4, -0.2) is 44.7 Å². The molecular formula is C23H30N2O3. The minimum atomic E-state index is 0.0187. The molecular weight excluding hydrogens is 352 g/mol. The number of ether oxygens (including phenoxy) is 2. The predicted molar refractivity (Wildman–Crippen MR) is 111 cm³/mol. The van der Waals surface area contributed by atoms with E-state index in [-0.39, 0.29) is 11.9 Å². The first-order chi connectivity index (χ1) is 13.7. The number of benzene rings is 2. The Morgan fingerprint density at radius 2 is 1.71 bits per heavy atom. The van der Waals surface area contributed by atoms with Crippen LogP contribution in [0.2, 0.25) is 0 Å². The molecule has 2 aromatic rings. The number of nitrogens with one attached hydrogen (secondary N) is 1. The van der Waals surface area contributed by atoms with Gasteiger partial charge in [-0.3, -0.25) is 9.69 Å². The third-order valence-electron chi connectivity index (χ3n) is 5.32. The van der Waals surface area contributed by atoms with Gasteiger partial charge >= 0.3 is 0 Å². The number of rotatable bonds is 8. The number of amides is 1. The van der Waals surface area contributed by atoms with Gasteiger partial charge in [-0.05, 0) is 49.2 Å². The lowest BCUT2D eigenvalue weighted by atomic mass is 10.0. The van der Waals surface area contributed by atoms with Crippen LogP contribution in [0.25, 0.3) is 0 Å². The van der Waals surface area contributed by atoms with Crippen molar-refractivity contribution in [3.8, 4) is 11.5 Å². The summed E-state index contributed by atoms with van der Waals surface area (Å²) in [5.41, 5.74) is 2.17. The smallest absolute Gasteiger partial charge is 0.224 e. The Morgan fingerprint density at radius 1 is 1.00 bits per heavy atom. The molecule has 1 N–H and O–H groups in total. The summed E-state index contributed by atoms with van der Waals surface area (Å²) in [7, 11) is 3.21. The van der Waals surface area contributed by atoms with Gasteiger partial charge in [-0.1, -0.05) is 42.8 Å². The van der Waals surface area contributed by atoms with Crippen molar-refractivity contribution < 1.29 is 14.3 Å². The highest BCUT2D eigenvalue weighted by Crippen LogP contribution is 2.28. The lowest BCUT2D eigenvalue weighted by Crippen LogP contribution is -2.41. The highest BCUT2D eigenvalue weighted by Gasteiger charge is 2.22. The molecule has 0 spiro atoms. The average Bonchev–Trinajstić information content (AvgIpc) is 2.75. The molecule has 0 radical (unpaired) electrons. The maximum Gasteiger partial charge on any atom is 0.224 e. The second-order valence-electron chi connectivity index (χ2n) is 7.19. The van der Waals surface area contributed by atoms with Crippen LogP contribution in [0.4, 0.5) is 0 Å². The van der Waals surface area contributed by atoms with Crippen molar-refractivity contribution in [3.63, 3.8) is 0 Å². The monoisotopic (exact) mass is 382 g/mol. The zero-order chi connectivity index (χ0) is 19.8. The van der Waals surface area contributed by atoms with Crippen LogP contribution in [0.1, 0.15) is 36.4 Å². The van der Waals surface area contributed by atoms with Crippen molar-refractivity contribution in [3.05, 3.63) is 59.7 Å². The zero-order valence-electron chi connectivity index (χ0n) is 16.8. The van der Waals surface area contributed by atoms with E-state index in [9.17, 15) is 4.79 Å². The van der Waals surface area contributed by atoms with Crippen molar-refractivity contribution in [2.24, 2.45) is 0 Å². The Labute approximate surface area is 167 Å². The van der Waals surface area contributed by atoms with Gasteiger partial charge in [0.15, 0.2) is 11.5 Å². The van der Waals surface area contributed by atoms with Crippen LogP contribution < -0.4 is 14.8 Å². The van der Waals surface area contributed by atoms with Crippen molar-refractivity contribution in [1.82, 2.24) is 10.2 Å². The van der Waals surface area contributed by atoms with Crippen molar-refractivity contribution in [2.45, 2.75) is 31.7 Å². The molecule has 1 saturated heterocycles. The number of hydrogen-bond acceptors (Lipinski definition) is 4. The summed E-state index contributed by atoms with van der Waals surface area (Å²) in [5, 5.41) is 3.14. The van der Waals surface area contributed by atoms with E-state index in [1.165, 1.54) is 24.8 Å². The van der Waals surface area contributed by atoms with Crippen LogP contribution >= 0.6 is 0 Å². The van der Waals surface area contributed by atoms with Crippen LogP contribution in [0.15, 0.2) is 48.5 Å². The van der Waals surface area contributed by atoms with Crippen LogP contribution in [0.5, 0.6) is 11.5 Å². The van der Waals surface area contributed by atoms with Gasteiger partial charge < -0.3 is 14.8 Å². The molecule has 0 aromatic heterocycles. The van der Waals surface area contributed by atoms with E-state index >= 15 is 0 Å². The molecule has 1 amide bonds. The molecule has 28 heavy (non-hydrogen) atoms. The number of piperidine rings is 1. The molecule has 0 saturated carbocycles. The lowest BCUT2D eigenvalue weighted by Gasteiger charge is -2.35. The van der Waals surface area contributed by atoms with E-state index in [1.54, 1.807) is 14.2 Å². The Morgan fingerprint density at radius 3 is 2.39 bits per heavy atom. The van der Waals surface area contributed by atoms with E-state index in [0.717, 1.165) is 18.7 Å². The maximum absolute atomic E-state index is 12.6. The van der Waals surface area contributed by atoms with Gasteiger partial charge in [0, 0.05) is 6.54 Å². The number of likely N-dealkylation sites (tertiary alicyclic amines) is 1. The second-order valence-corrected chi connectivity index (χ2v) is 7.19. The molecule has 1 aliphatic rings. The van der Waals surface area contributed by atoms with Crippen LogP contribution in [0, 0.1) is 0 Å². The largest absolute Gasteiger partial charge is 0.493 e. The molecule has 5 heteroatoms. The molecule has 1 heterocycles. The van der Waals surface area contributed by atoms with Gasteiger partial charge in [0.1, 0.15) is 0 Å². The standard InChI is InChI=1S/C23H30N2O3/c1-27-21-12-11-18(15-22(21)28-2)16-23(26)24-17-20(19-9-5-3-6-10-19)25-13-7-4-8-14-25/h3,5-6,9-12,15,20H,4,7-8,13-14,16-17H2,1-2H3,(H,24,26). The Kier molecular flexibility index (Phi) is 7.31. The summed E-state index contributed by atoms with van der Waals surface area (Å²) in [6, 6.07) is 16.3. The summed E-state index contributed by atoms with van der Waals surface area (Å²) in [6.07, 6.45) is 4.07. The van der Waals surface area contributed by atoms with Crippen molar-refractivity contribution >= 4 is 5.91 Å². The molecule has 5 nitrogen and oxygen atoms in total. The first kappa shape index (κ1) is 20.2. The first-order valence-electron chi connectivity index (χ1n) is 9.98. The molecule has 0 bridgehead atoms. The summed E-state index contributed by atoms with van der Waals surface area (Å²) >= 11 is 0. The molecule has 3 rings (SSSR count). The predicted octanol–water partition coefficient (Wildman–Crippen LogP) is 3.59. The SMILES string of the molecule is COc1ccc(CC(=O)NCC(c2ccccc2)N2CCCCC2)cc1OC. The summed E-state index contributed by atoms with van der Waals surface area (Å²) < 4.78 is 10.6. The third-order valence-corrected chi connectivity index (χ3v) is 5.32. The quantitative estimate of drug-likeness (QED) is 0.758. The van der Waals surface area contributed by atoms with Crippen LogP contribution in [0.3, 0.4) is 0 Å². The summed E-state index contributed by atoms with van der Waals surface area (Å²) in [6.45, 7) is 2.80. The fourth-order valence-electron chi connectivity index (χ4n) is 3.81. The van der Waals surface area contributed by atoms with Gasteiger partial charge in [-0.15, -0.1) is 0 Å². The minimum Gasteiger partial charge on any atom is -0.493 e. The van der Waals surface area contributed by atoms with E-state index in [0.29, 0.717) is 24.5 Å². The second kappa shape index (κ2) is 10.1. The van der Waals surface area contributed by atoms with Gasteiger partial charge in [0.05, 0.1) is 26.7 Å². The van der Waals surface area contributed by atoms with E-state index in [2.05, 4.69) is 34.5 Å². The molecule has 1 atom stereocenters. The average molecular weight is 383 g/mol. The Bertz CT molecular complexity index is 758. The maximum atomic E-state index is 12.6. The normalized spacial score (nSPS) is 15.6. The number of carbonyl (C=O) groups is 1. The molecule has 1 fully saturated rings. The number of methoxy groups -OCH3 is 2. The third kappa shape index (κ3) is 5.26. The Balaban J connectivity index is 1.63. The molecule has 0 aliphatic carbocycles.